The Morgan fingerprint density at radius 1 is 1.08 bits per heavy atom. The van der Waals surface area contributed by atoms with Crippen LogP contribution in [0.2, 0.25) is 0 Å². The predicted molar refractivity (Wildman–Crippen MR) is 88.8 cm³/mol. The second kappa shape index (κ2) is 5.54. The highest BCUT2D eigenvalue weighted by Gasteiger charge is 2.12. The van der Waals surface area contributed by atoms with Gasteiger partial charge in [0.1, 0.15) is 12.7 Å². The lowest BCUT2D eigenvalue weighted by Crippen LogP contribution is -1.96. The number of rotatable bonds is 3. The van der Waals surface area contributed by atoms with Crippen LogP contribution in [0.25, 0.3) is 27.7 Å². The topological polar surface area (TPSA) is 86.7 Å². The van der Waals surface area contributed by atoms with Gasteiger partial charge in [0.2, 0.25) is 0 Å². The number of nitro groups is 1. The highest BCUT2D eigenvalue weighted by Crippen LogP contribution is 2.31. The maximum Gasteiger partial charge on any atom is 0.270 e. The van der Waals surface area contributed by atoms with Gasteiger partial charge in [0, 0.05) is 29.3 Å². The summed E-state index contributed by atoms with van der Waals surface area (Å²) in [6, 6.07) is 14.2. The Morgan fingerprint density at radius 3 is 2.79 bits per heavy atom. The molecule has 0 unspecified atom stereocenters. The Hall–Kier alpha value is -3.61. The quantitative estimate of drug-likeness (QED) is 0.427. The fourth-order valence-electron chi connectivity index (χ4n) is 2.66. The van der Waals surface area contributed by atoms with E-state index in [1.807, 2.05) is 30.3 Å². The Balaban J connectivity index is 2.00. The molecule has 0 radical (unpaired) electrons. The summed E-state index contributed by atoms with van der Waals surface area (Å²) in [7, 11) is 0. The average molecular weight is 317 g/mol. The number of fused-ring (bicyclic) bond motifs is 1. The van der Waals surface area contributed by atoms with Crippen LogP contribution in [-0.2, 0) is 0 Å². The molecule has 116 valence electrons. The van der Waals surface area contributed by atoms with Gasteiger partial charge in [-0.05, 0) is 23.8 Å². The summed E-state index contributed by atoms with van der Waals surface area (Å²) in [5, 5.41) is 16.1. The molecule has 7 heteroatoms. The third kappa shape index (κ3) is 2.38. The van der Waals surface area contributed by atoms with Gasteiger partial charge >= 0.3 is 0 Å². The molecule has 0 fully saturated rings. The highest BCUT2D eigenvalue weighted by atomic mass is 16.6. The Kier molecular flexibility index (Phi) is 3.24. The maximum absolute atomic E-state index is 11.1. The number of nitrogens with zero attached hydrogens (tertiary/aromatic N) is 5. The summed E-state index contributed by atoms with van der Waals surface area (Å²) >= 11 is 0. The van der Waals surface area contributed by atoms with Gasteiger partial charge in [-0.25, -0.2) is 9.67 Å². The first-order chi connectivity index (χ1) is 11.7. The van der Waals surface area contributed by atoms with Crippen LogP contribution < -0.4 is 0 Å². The molecular weight excluding hydrogens is 306 g/mol. The van der Waals surface area contributed by atoms with E-state index in [2.05, 4.69) is 15.1 Å². The van der Waals surface area contributed by atoms with Crippen molar-refractivity contribution in [3.8, 4) is 16.8 Å². The molecule has 0 atom stereocenters. The van der Waals surface area contributed by atoms with Crippen molar-refractivity contribution in [1.29, 1.82) is 0 Å². The fourth-order valence-corrected chi connectivity index (χ4v) is 2.66. The fraction of sp³-hybridized carbons (Fsp3) is 0. The summed E-state index contributed by atoms with van der Waals surface area (Å²) in [5.41, 5.74) is 3.18. The zero-order valence-electron chi connectivity index (χ0n) is 12.4. The minimum atomic E-state index is -0.402. The van der Waals surface area contributed by atoms with Gasteiger partial charge in [0.15, 0.2) is 0 Å². The first-order valence-corrected chi connectivity index (χ1v) is 7.21. The average Bonchev–Trinajstić information content (AvgIpc) is 3.15. The molecule has 0 saturated heterocycles. The molecule has 0 spiro atoms. The molecule has 0 aliphatic heterocycles. The lowest BCUT2D eigenvalue weighted by Gasteiger charge is -2.10. The molecular formula is C17H11N5O2. The Bertz CT molecular complexity index is 1040. The Labute approximate surface area is 136 Å². The van der Waals surface area contributed by atoms with Gasteiger partial charge in [-0.15, -0.1) is 0 Å². The summed E-state index contributed by atoms with van der Waals surface area (Å²) in [5.74, 6) is 0. The number of aromatic nitrogens is 4. The molecule has 4 rings (SSSR count). The van der Waals surface area contributed by atoms with E-state index in [1.54, 1.807) is 29.3 Å². The third-order valence-corrected chi connectivity index (χ3v) is 3.74. The molecule has 2 heterocycles. The van der Waals surface area contributed by atoms with Crippen LogP contribution in [0.5, 0.6) is 0 Å². The second-order valence-corrected chi connectivity index (χ2v) is 5.22. The van der Waals surface area contributed by atoms with Crippen LogP contribution in [0.15, 0.2) is 67.4 Å². The first kappa shape index (κ1) is 14.0. The van der Waals surface area contributed by atoms with Gasteiger partial charge < -0.3 is 0 Å². The minimum Gasteiger partial charge on any atom is -0.258 e. The second-order valence-electron chi connectivity index (χ2n) is 5.22. The number of hydrogen-bond donors (Lipinski definition) is 0. The van der Waals surface area contributed by atoms with E-state index in [9.17, 15) is 10.1 Å². The maximum atomic E-state index is 11.1. The summed E-state index contributed by atoms with van der Waals surface area (Å²) in [6.07, 6.45) is 4.77. The van der Waals surface area contributed by atoms with Crippen molar-refractivity contribution < 1.29 is 4.92 Å². The van der Waals surface area contributed by atoms with Crippen molar-refractivity contribution >= 4 is 16.6 Å². The van der Waals surface area contributed by atoms with Crippen LogP contribution in [0.3, 0.4) is 0 Å². The minimum absolute atomic E-state index is 0.0442. The number of pyridine rings is 1. The van der Waals surface area contributed by atoms with Gasteiger partial charge in [-0.1, -0.05) is 18.2 Å². The van der Waals surface area contributed by atoms with Crippen LogP contribution in [0.4, 0.5) is 5.69 Å². The van der Waals surface area contributed by atoms with E-state index in [0.717, 1.165) is 27.7 Å². The van der Waals surface area contributed by atoms with Crippen molar-refractivity contribution in [2.75, 3.05) is 0 Å². The van der Waals surface area contributed by atoms with Gasteiger partial charge in [0.05, 0.1) is 16.1 Å². The number of benzene rings is 2. The van der Waals surface area contributed by atoms with Gasteiger partial charge in [0.25, 0.3) is 5.69 Å². The van der Waals surface area contributed by atoms with E-state index in [-0.39, 0.29) is 5.69 Å². The van der Waals surface area contributed by atoms with Crippen molar-refractivity contribution in [3.05, 3.63) is 77.5 Å². The normalized spacial score (nSPS) is 10.8. The molecule has 0 saturated carbocycles. The third-order valence-electron chi connectivity index (χ3n) is 3.74. The smallest absolute Gasteiger partial charge is 0.258 e. The first-order valence-electron chi connectivity index (χ1n) is 7.21. The molecule has 0 aliphatic rings. The van der Waals surface area contributed by atoms with E-state index in [0.29, 0.717) is 0 Å². The van der Waals surface area contributed by atoms with E-state index in [1.165, 1.54) is 12.4 Å². The standard InChI is InChI=1S/C17H11N5O2/c23-22(24)14-5-1-3-12(7-14)16-9-15(21-11-18-10-20-21)8-13-4-2-6-19-17(13)16/h1-11H. The molecule has 24 heavy (non-hydrogen) atoms. The lowest BCUT2D eigenvalue weighted by molar-refractivity contribution is -0.384. The molecule has 0 aliphatic carbocycles. The van der Waals surface area contributed by atoms with Crippen LogP contribution in [-0.4, -0.2) is 24.7 Å². The number of hydrogen-bond acceptors (Lipinski definition) is 5. The molecule has 0 amide bonds. The molecule has 4 aromatic rings. The SMILES string of the molecule is O=[N+]([O-])c1cccc(-c2cc(-n3cncn3)cc3cccnc23)c1. The molecule has 2 aromatic carbocycles. The van der Waals surface area contributed by atoms with Gasteiger partial charge in [-0.2, -0.15) is 5.10 Å². The summed E-state index contributed by atoms with van der Waals surface area (Å²) in [6.45, 7) is 0. The highest BCUT2D eigenvalue weighted by molar-refractivity contribution is 5.95. The van der Waals surface area contributed by atoms with Crippen molar-refractivity contribution in [2.45, 2.75) is 0 Å². The number of non-ortho nitro benzene ring substituents is 1. The monoisotopic (exact) mass is 317 g/mol. The molecule has 2 aromatic heterocycles. The van der Waals surface area contributed by atoms with Crippen molar-refractivity contribution in [1.82, 2.24) is 19.7 Å². The van der Waals surface area contributed by atoms with Gasteiger partial charge in [-0.3, -0.25) is 15.1 Å². The summed E-state index contributed by atoms with van der Waals surface area (Å²) < 4.78 is 1.65. The molecule has 0 bridgehead atoms. The van der Waals surface area contributed by atoms with E-state index in [4.69, 9.17) is 0 Å². The van der Waals surface area contributed by atoms with Crippen LogP contribution >= 0.6 is 0 Å². The molecule has 0 N–H and O–H groups in total. The number of nitro benzene ring substituents is 1. The lowest BCUT2D eigenvalue weighted by atomic mass is 10.0. The zero-order chi connectivity index (χ0) is 16.5. The Morgan fingerprint density at radius 2 is 2.00 bits per heavy atom. The van der Waals surface area contributed by atoms with Crippen LogP contribution in [0, 0.1) is 10.1 Å². The summed E-state index contributed by atoms with van der Waals surface area (Å²) in [4.78, 5) is 19.1. The van der Waals surface area contributed by atoms with Crippen molar-refractivity contribution in [2.24, 2.45) is 0 Å². The predicted octanol–water partition coefficient (Wildman–Crippen LogP) is 3.39. The van der Waals surface area contributed by atoms with E-state index < -0.39 is 4.92 Å². The molecule has 7 nitrogen and oxygen atoms in total. The van der Waals surface area contributed by atoms with Crippen molar-refractivity contribution in [3.63, 3.8) is 0 Å². The zero-order valence-corrected chi connectivity index (χ0v) is 12.4. The largest absolute Gasteiger partial charge is 0.270 e. The van der Waals surface area contributed by atoms with E-state index >= 15 is 0 Å². The van der Waals surface area contributed by atoms with Crippen LogP contribution in [0.1, 0.15) is 0 Å².